The van der Waals surface area contributed by atoms with Crippen LogP contribution in [0.15, 0.2) is 0 Å². The SMILES string of the molecule is O=C(Br)OBr. The number of carbonyl (C=O) groups excluding carboxylic acids is 1. The molecule has 0 bridgehead atoms. The van der Waals surface area contributed by atoms with E-state index in [2.05, 4.69) is 36.0 Å². The van der Waals surface area contributed by atoms with Crippen LogP contribution in [0.4, 0.5) is 4.79 Å². The van der Waals surface area contributed by atoms with Crippen LogP contribution in [0, 0.1) is 0 Å². The summed E-state index contributed by atoms with van der Waals surface area (Å²) in [5.74, 6) is 0. The second-order valence-electron chi connectivity index (χ2n) is 0.315. The van der Waals surface area contributed by atoms with Crippen molar-refractivity contribution >= 4 is 37.1 Å². The molecule has 5 heavy (non-hydrogen) atoms. The molecule has 0 aromatic rings. The van der Waals surface area contributed by atoms with Crippen molar-refractivity contribution in [2.45, 2.75) is 0 Å². The molecule has 0 rings (SSSR count). The quantitative estimate of drug-likeness (QED) is 0.562. The first-order chi connectivity index (χ1) is 2.27. The summed E-state index contributed by atoms with van der Waals surface area (Å²) in [5, 5.41) is 0. The Balaban J connectivity index is 2.85. The first kappa shape index (κ1) is 5.43. The molecule has 0 N–H and O–H groups in total. The molecule has 30 valence electrons. The summed E-state index contributed by atoms with van der Waals surface area (Å²) in [6, 6.07) is 0. The van der Waals surface area contributed by atoms with Crippen LogP contribution in [0.2, 0.25) is 0 Å². The van der Waals surface area contributed by atoms with E-state index >= 15 is 0 Å². The monoisotopic (exact) mass is 202 g/mol. The van der Waals surface area contributed by atoms with Gasteiger partial charge in [0.1, 0.15) is 0 Å². The Labute approximate surface area is 46.1 Å². The highest BCUT2D eigenvalue weighted by atomic mass is 79.9. The Hall–Kier alpha value is 0.430. The Morgan fingerprint density at radius 2 is 2.00 bits per heavy atom. The number of halogens is 2. The van der Waals surface area contributed by atoms with Gasteiger partial charge in [-0.05, 0) is 0 Å². The highest BCUT2D eigenvalue weighted by molar-refractivity contribution is 9.19. The highest BCUT2D eigenvalue weighted by Crippen LogP contribution is 1.93. The topological polar surface area (TPSA) is 26.3 Å². The summed E-state index contributed by atoms with van der Waals surface area (Å²) in [5.41, 5.74) is 0. The Morgan fingerprint density at radius 1 is 1.80 bits per heavy atom. The molecular weight excluding hydrogens is 204 g/mol. The van der Waals surface area contributed by atoms with E-state index in [9.17, 15) is 4.79 Å². The van der Waals surface area contributed by atoms with Crippen molar-refractivity contribution in [2.24, 2.45) is 0 Å². The summed E-state index contributed by atoms with van der Waals surface area (Å²) in [6.07, 6.45) is 0. The molecular formula is CBr2O2. The lowest BCUT2D eigenvalue weighted by Gasteiger charge is -1.72. The number of hydrogen-bond acceptors (Lipinski definition) is 2. The average molecular weight is 204 g/mol. The molecule has 4 heteroatoms. The molecule has 0 aliphatic heterocycles. The van der Waals surface area contributed by atoms with Crippen LogP contribution in [0.3, 0.4) is 0 Å². The fourth-order valence-corrected chi connectivity index (χ4v) is 0. The van der Waals surface area contributed by atoms with E-state index in [-0.39, 0.29) is 0 Å². The molecule has 0 aromatic carbocycles. The number of hydrogen-bond donors (Lipinski definition) is 0. The van der Waals surface area contributed by atoms with Crippen molar-refractivity contribution < 1.29 is 8.62 Å². The Kier molecular flexibility index (Phi) is 2.88. The van der Waals surface area contributed by atoms with Crippen LogP contribution in [0.5, 0.6) is 0 Å². The van der Waals surface area contributed by atoms with E-state index in [1.807, 2.05) is 0 Å². The third-order valence-electron chi connectivity index (χ3n) is 0.0607. The lowest BCUT2D eigenvalue weighted by atomic mass is 11.7. The highest BCUT2D eigenvalue weighted by Gasteiger charge is 1.82. The van der Waals surface area contributed by atoms with Gasteiger partial charge in [-0.2, -0.15) is 0 Å². The lowest BCUT2D eigenvalue weighted by Crippen LogP contribution is -1.70. The average Bonchev–Trinajstić information content (AvgIpc) is 1.38. The van der Waals surface area contributed by atoms with Gasteiger partial charge < -0.3 is 3.83 Å². The molecule has 0 saturated carbocycles. The Morgan fingerprint density at radius 3 is 2.00 bits per heavy atom. The first-order valence-corrected chi connectivity index (χ1v) is 2.19. The molecule has 0 heterocycles. The van der Waals surface area contributed by atoms with E-state index in [0.29, 0.717) is 0 Å². The second kappa shape index (κ2) is 2.66. The fraction of sp³-hybridized carbons (Fsp3) is 0. The standard InChI is InChI=1S/CBr2O2/c2-1(4)5-3. The minimum Gasteiger partial charge on any atom is -0.375 e. The lowest BCUT2D eigenvalue weighted by molar-refractivity contribution is 0.238. The van der Waals surface area contributed by atoms with Crippen LogP contribution in [-0.2, 0) is 3.83 Å². The van der Waals surface area contributed by atoms with Gasteiger partial charge in [0.15, 0.2) is 16.3 Å². The van der Waals surface area contributed by atoms with E-state index in [0.717, 1.165) is 0 Å². The maximum Gasteiger partial charge on any atom is 0.386 e. The maximum atomic E-state index is 9.46. The molecule has 0 fully saturated rings. The molecule has 0 aliphatic rings. The van der Waals surface area contributed by atoms with Crippen molar-refractivity contribution in [1.82, 2.24) is 0 Å². The molecule has 0 radical (unpaired) electrons. The largest absolute Gasteiger partial charge is 0.386 e. The van der Waals surface area contributed by atoms with Gasteiger partial charge in [-0.15, -0.1) is 0 Å². The van der Waals surface area contributed by atoms with Crippen molar-refractivity contribution in [2.75, 3.05) is 0 Å². The molecule has 2 nitrogen and oxygen atoms in total. The predicted molar refractivity (Wildman–Crippen MR) is 24.3 cm³/mol. The molecule has 0 aliphatic carbocycles. The van der Waals surface area contributed by atoms with Gasteiger partial charge in [0.25, 0.3) is 0 Å². The van der Waals surface area contributed by atoms with E-state index in [4.69, 9.17) is 0 Å². The third kappa shape index (κ3) is 4.43. The van der Waals surface area contributed by atoms with E-state index in [1.165, 1.54) is 0 Å². The zero-order chi connectivity index (χ0) is 4.28. The molecule has 0 saturated heterocycles. The minimum atomic E-state index is -0.516. The number of carbonyl (C=O) groups is 1. The first-order valence-electron chi connectivity index (χ1n) is 0.752. The number of rotatable bonds is 0. The van der Waals surface area contributed by atoms with Gasteiger partial charge in [-0.25, -0.2) is 4.79 Å². The summed E-state index contributed by atoms with van der Waals surface area (Å²) < 4.78 is 3.84. The molecule has 0 amide bonds. The summed E-state index contributed by atoms with van der Waals surface area (Å²) in [4.78, 5) is 8.94. The summed E-state index contributed by atoms with van der Waals surface area (Å²) >= 11 is 4.88. The predicted octanol–water partition coefficient (Wildman–Crippen LogP) is 1.83. The maximum absolute atomic E-state index is 9.46. The molecule has 0 spiro atoms. The van der Waals surface area contributed by atoms with Gasteiger partial charge in [-0.3, -0.25) is 0 Å². The Bertz CT molecular complexity index is 42.9. The van der Waals surface area contributed by atoms with E-state index < -0.39 is 4.88 Å². The zero-order valence-corrected chi connectivity index (χ0v) is 5.24. The van der Waals surface area contributed by atoms with Gasteiger partial charge in [0, 0.05) is 15.9 Å². The summed E-state index contributed by atoms with van der Waals surface area (Å²) in [7, 11) is 0. The van der Waals surface area contributed by atoms with Crippen LogP contribution < -0.4 is 0 Å². The second-order valence-corrected chi connectivity index (χ2v) is 1.29. The van der Waals surface area contributed by atoms with Gasteiger partial charge in [-0.1, -0.05) is 0 Å². The molecule has 0 unspecified atom stereocenters. The summed E-state index contributed by atoms with van der Waals surface area (Å²) in [6.45, 7) is 0. The third-order valence-corrected chi connectivity index (χ3v) is 0.951. The van der Waals surface area contributed by atoms with Crippen LogP contribution >= 0.6 is 32.2 Å². The minimum absolute atomic E-state index is 0.516. The van der Waals surface area contributed by atoms with E-state index in [1.54, 1.807) is 0 Å². The molecule has 0 aromatic heterocycles. The fourth-order valence-electron chi connectivity index (χ4n) is 0. The smallest absolute Gasteiger partial charge is 0.375 e. The normalized spacial score (nSPS) is 6.80. The van der Waals surface area contributed by atoms with Gasteiger partial charge >= 0.3 is 4.88 Å². The van der Waals surface area contributed by atoms with Crippen LogP contribution in [0.25, 0.3) is 0 Å². The zero-order valence-electron chi connectivity index (χ0n) is 2.07. The van der Waals surface area contributed by atoms with Crippen molar-refractivity contribution in [3.8, 4) is 0 Å². The molecule has 0 atom stereocenters. The van der Waals surface area contributed by atoms with Gasteiger partial charge in [0.05, 0.1) is 0 Å². The van der Waals surface area contributed by atoms with Crippen molar-refractivity contribution in [3.05, 3.63) is 0 Å². The van der Waals surface area contributed by atoms with Crippen molar-refractivity contribution in [1.29, 1.82) is 0 Å². The van der Waals surface area contributed by atoms with Crippen molar-refractivity contribution in [3.63, 3.8) is 0 Å². The van der Waals surface area contributed by atoms with Gasteiger partial charge in [0.2, 0.25) is 0 Å². The van der Waals surface area contributed by atoms with Crippen LogP contribution in [-0.4, -0.2) is 4.88 Å². The van der Waals surface area contributed by atoms with Crippen LogP contribution in [0.1, 0.15) is 0 Å².